The molecule has 0 saturated carbocycles. The van der Waals surface area contributed by atoms with Crippen LogP contribution in [0.25, 0.3) is 11.0 Å². The van der Waals surface area contributed by atoms with Gasteiger partial charge < -0.3 is 10.3 Å². The first-order valence-corrected chi connectivity index (χ1v) is 5.90. The van der Waals surface area contributed by atoms with Crippen LogP contribution in [0.2, 0.25) is 0 Å². The molecule has 0 atom stereocenters. The Bertz CT molecular complexity index is 485. The highest BCUT2D eigenvalue weighted by molar-refractivity contribution is 5.76. The summed E-state index contributed by atoms with van der Waals surface area (Å²) in [7, 11) is 2.08. The SMILES string of the molecule is CCCCc1nc2ccc(CN)cc2n1C. The second kappa shape index (κ2) is 4.66. The molecule has 86 valence electrons. The molecule has 1 heterocycles. The van der Waals surface area contributed by atoms with Gasteiger partial charge in [0.05, 0.1) is 11.0 Å². The van der Waals surface area contributed by atoms with Crippen molar-refractivity contribution in [3.05, 3.63) is 29.6 Å². The minimum atomic E-state index is 0.589. The van der Waals surface area contributed by atoms with Crippen LogP contribution in [0.1, 0.15) is 31.2 Å². The fourth-order valence-corrected chi connectivity index (χ4v) is 1.97. The Balaban J connectivity index is 2.42. The zero-order chi connectivity index (χ0) is 11.5. The smallest absolute Gasteiger partial charge is 0.109 e. The zero-order valence-electron chi connectivity index (χ0n) is 10.0. The maximum atomic E-state index is 5.65. The monoisotopic (exact) mass is 217 g/mol. The number of benzene rings is 1. The van der Waals surface area contributed by atoms with E-state index in [9.17, 15) is 0 Å². The third-order valence-electron chi connectivity index (χ3n) is 3.03. The average Bonchev–Trinajstić information content (AvgIpc) is 2.63. The van der Waals surface area contributed by atoms with Gasteiger partial charge in [0.1, 0.15) is 5.82 Å². The molecule has 0 aliphatic carbocycles. The summed E-state index contributed by atoms with van der Waals surface area (Å²) < 4.78 is 2.18. The van der Waals surface area contributed by atoms with E-state index in [1.807, 2.05) is 0 Å². The molecule has 1 aromatic heterocycles. The minimum Gasteiger partial charge on any atom is -0.331 e. The molecule has 2 aromatic rings. The minimum absolute atomic E-state index is 0.589. The van der Waals surface area contributed by atoms with Crippen molar-refractivity contribution in [1.29, 1.82) is 0 Å². The van der Waals surface area contributed by atoms with Gasteiger partial charge >= 0.3 is 0 Å². The van der Waals surface area contributed by atoms with E-state index in [1.165, 1.54) is 24.2 Å². The van der Waals surface area contributed by atoms with E-state index in [0.29, 0.717) is 6.54 Å². The van der Waals surface area contributed by atoms with Crippen molar-refractivity contribution in [1.82, 2.24) is 9.55 Å². The van der Waals surface area contributed by atoms with E-state index in [1.54, 1.807) is 0 Å². The molecule has 0 aliphatic rings. The molecule has 0 unspecified atom stereocenters. The Kier molecular flexibility index (Phi) is 3.25. The Labute approximate surface area is 96.3 Å². The van der Waals surface area contributed by atoms with E-state index in [0.717, 1.165) is 17.5 Å². The molecule has 2 N–H and O–H groups in total. The van der Waals surface area contributed by atoms with Crippen LogP contribution >= 0.6 is 0 Å². The number of unbranched alkanes of at least 4 members (excludes halogenated alkanes) is 1. The van der Waals surface area contributed by atoms with Crippen molar-refractivity contribution < 1.29 is 0 Å². The lowest BCUT2D eigenvalue weighted by molar-refractivity contribution is 0.720. The highest BCUT2D eigenvalue weighted by atomic mass is 15.1. The fourth-order valence-electron chi connectivity index (χ4n) is 1.97. The number of nitrogens with two attached hydrogens (primary N) is 1. The van der Waals surface area contributed by atoms with Crippen molar-refractivity contribution in [3.8, 4) is 0 Å². The van der Waals surface area contributed by atoms with Gasteiger partial charge in [-0.05, 0) is 24.1 Å². The van der Waals surface area contributed by atoms with Crippen molar-refractivity contribution in [2.24, 2.45) is 12.8 Å². The average molecular weight is 217 g/mol. The van der Waals surface area contributed by atoms with Gasteiger partial charge in [-0.15, -0.1) is 0 Å². The number of rotatable bonds is 4. The molecule has 3 heteroatoms. The second-order valence-electron chi connectivity index (χ2n) is 4.22. The summed E-state index contributed by atoms with van der Waals surface area (Å²) in [6.45, 7) is 2.79. The van der Waals surface area contributed by atoms with E-state index in [4.69, 9.17) is 5.73 Å². The molecule has 0 radical (unpaired) electrons. The van der Waals surface area contributed by atoms with E-state index < -0.39 is 0 Å². The van der Waals surface area contributed by atoms with Crippen molar-refractivity contribution in [2.75, 3.05) is 0 Å². The summed E-state index contributed by atoms with van der Waals surface area (Å²) in [5.74, 6) is 1.17. The van der Waals surface area contributed by atoms with E-state index in [-0.39, 0.29) is 0 Å². The predicted molar refractivity (Wildman–Crippen MR) is 67.2 cm³/mol. The van der Waals surface area contributed by atoms with Crippen LogP contribution in [0.5, 0.6) is 0 Å². The van der Waals surface area contributed by atoms with Crippen LogP contribution in [0.15, 0.2) is 18.2 Å². The summed E-state index contributed by atoms with van der Waals surface area (Å²) in [6, 6.07) is 6.25. The third-order valence-corrected chi connectivity index (χ3v) is 3.03. The van der Waals surface area contributed by atoms with Gasteiger partial charge in [0, 0.05) is 20.0 Å². The zero-order valence-corrected chi connectivity index (χ0v) is 10.0. The topological polar surface area (TPSA) is 43.8 Å². The Morgan fingerprint density at radius 1 is 1.38 bits per heavy atom. The van der Waals surface area contributed by atoms with Gasteiger partial charge in [0.2, 0.25) is 0 Å². The Hall–Kier alpha value is -1.35. The standard InChI is InChI=1S/C13H19N3/c1-3-4-5-13-15-11-7-6-10(9-14)8-12(11)16(13)2/h6-8H,3-5,9,14H2,1-2H3. The van der Waals surface area contributed by atoms with E-state index >= 15 is 0 Å². The van der Waals surface area contributed by atoms with Crippen LogP contribution in [0.3, 0.4) is 0 Å². The summed E-state index contributed by atoms with van der Waals surface area (Å²) in [6.07, 6.45) is 3.46. The third kappa shape index (κ3) is 1.95. The summed E-state index contributed by atoms with van der Waals surface area (Å²) in [5.41, 5.74) is 9.08. The van der Waals surface area contributed by atoms with Crippen molar-refractivity contribution in [2.45, 2.75) is 32.7 Å². The lowest BCUT2D eigenvalue weighted by Crippen LogP contribution is -1.99. The quantitative estimate of drug-likeness (QED) is 0.854. The number of hydrogen-bond acceptors (Lipinski definition) is 2. The van der Waals surface area contributed by atoms with Gasteiger partial charge in [-0.3, -0.25) is 0 Å². The lowest BCUT2D eigenvalue weighted by Gasteiger charge is -2.01. The first-order chi connectivity index (χ1) is 7.76. The maximum Gasteiger partial charge on any atom is 0.109 e. The Morgan fingerprint density at radius 3 is 2.88 bits per heavy atom. The van der Waals surface area contributed by atoms with Crippen molar-refractivity contribution >= 4 is 11.0 Å². The predicted octanol–water partition coefficient (Wildman–Crippen LogP) is 2.37. The van der Waals surface area contributed by atoms with Crippen LogP contribution < -0.4 is 5.73 Å². The maximum absolute atomic E-state index is 5.65. The molecule has 0 bridgehead atoms. The number of imidazole rings is 1. The fraction of sp³-hybridized carbons (Fsp3) is 0.462. The van der Waals surface area contributed by atoms with Gasteiger partial charge in [-0.1, -0.05) is 19.4 Å². The molecule has 0 saturated heterocycles. The van der Waals surface area contributed by atoms with Crippen molar-refractivity contribution in [3.63, 3.8) is 0 Å². The largest absolute Gasteiger partial charge is 0.331 e. The molecule has 2 rings (SSSR count). The molecule has 0 fully saturated rings. The molecule has 0 amide bonds. The molecule has 0 spiro atoms. The molecule has 0 aliphatic heterocycles. The number of hydrogen-bond donors (Lipinski definition) is 1. The van der Waals surface area contributed by atoms with Crippen LogP contribution in [-0.2, 0) is 20.0 Å². The van der Waals surface area contributed by atoms with Gasteiger partial charge in [0.15, 0.2) is 0 Å². The van der Waals surface area contributed by atoms with Gasteiger partial charge in [-0.2, -0.15) is 0 Å². The summed E-state index contributed by atoms with van der Waals surface area (Å²) in [4.78, 5) is 4.65. The number of aromatic nitrogens is 2. The number of fused-ring (bicyclic) bond motifs is 1. The van der Waals surface area contributed by atoms with Gasteiger partial charge in [0.25, 0.3) is 0 Å². The first kappa shape index (κ1) is 11.1. The highest BCUT2D eigenvalue weighted by Gasteiger charge is 2.07. The molecular weight excluding hydrogens is 198 g/mol. The van der Waals surface area contributed by atoms with Gasteiger partial charge in [-0.25, -0.2) is 4.98 Å². The number of nitrogens with zero attached hydrogens (tertiary/aromatic N) is 2. The van der Waals surface area contributed by atoms with Crippen LogP contribution in [0, 0.1) is 0 Å². The molecule has 16 heavy (non-hydrogen) atoms. The lowest BCUT2D eigenvalue weighted by atomic mass is 10.2. The first-order valence-electron chi connectivity index (χ1n) is 5.90. The number of aryl methyl sites for hydroxylation is 2. The molecular formula is C13H19N3. The van der Waals surface area contributed by atoms with Crippen LogP contribution in [-0.4, -0.2) is 9.55 Å². The summed E-state index contributed by atoms with van der Waals surface area (Å²) in [5, 5.41) is 0. The van der Waals surface area contributed by atoms with E-state index in [2.05, 4.69) is 41.7 Å². The summed E-state index contributed by atoms with van der Waals surface area (Å²) >= 11 is 0. The highest BCUT2D eigenvalue weighted by Crippen LogP contribution is 2.17. The molecule has 3 nitrogen and oxygen atoms in total. The molecule has 1 aromatic carbocycles. The normalized spacial score (nSPS) is 11.2. The Morgan fingerprint density at radius 2 is 2.19 bits per heavy atom. The van der Waals surface area contributed by atoms with Crippen LogP contribution in [0.4, 0.5) is 0 Å². The second-order valence-corrected chi connectivity index (χ2v) is 4.22.